The largest absolute Gasteiger partial charge is 0.313 e. The van der Waals surface area contributed by atoms with Crippen molar-refractivity contribution in [3.05, 3.63) is 74.1 Å². The Balaban J connectivity index is 1.71. The van der Waals surface area contributed by atoms with Crippen molar-refractivity contribution in [1.29, 1.82) is 0 Å². The molecule has 1 aliphatic rings. The molecule has 3 aromatic heterocycles. The van der Waals surface area contributed by atoms with E-state index in [4.69, 9.17) is 4.99 Å². The summed E-state index contributed by atoms with van der Waals surface area (Å²) in [4.78, 5) is 20.5. The molecule has 0 amide bonds. The van der Waals surface area contributed by atoms with Crippen molar-refractivity contribution in [3.8, 4) is 16.3 Å². The van der Waals surface area contributed by atoms with Crippen LogP contribution in [0.4, 0.5) is 5.69 Å². The van der Waals surface area contributed by atoms with E-state index in [0.29, 0.717) is 11.7 Å². The first-order valence-electron chi connectivity index (χ1n) is 10.3. The number of nitrogens with zero attached hydrogens (tertiary/aromatic N) is 4. The second kappa shape index (κ2) is 7.89. The molecule has 1 fully saturated rings. The van der Waals surface area contributed by atoms with E-state index in [9.17, 15) is 4.79 Å². The Morgan fingerprint density at radius 2 is 1.80 bits per heavy atom. The Kier molecular flexibility index (Phi) is 5.08. The highest BCUT2D eigenvalue weighted by molar-refractivity contribution is 7.14. The molecule has 5 rings (SSSR count). The standard InChI is InChI=1S/C23H24N4OS2/c1-16-21(22(28)27(25(16)2)18-11-4-3-5-12-18)24-23-26(17-9-6-7-10-17)19(15-30-23)20-13-8-14-29-20/h3-5,8,11-15,17H,6-7,9-10H2,1-2H3. The summed E-state index contributed by atoms with van der Waals surface area (Å²) in [6.45, 7) is 1.97. The topological polar surface area (TPSA) is 44.2 Å². The number of thiophene rings is 1. The van der Waals surface area contributed by atoms with Crippen LogP contribution in [0.2, 0.25) is 0 Å². The van der Waals surface area contributed by atoms with Crippen LogP contribution in [0.15, 0.2) is 63.0 Å². The first-order chi connectivity index (χ1) is 14.6. The van der Waals surface area contributed by atoms with Gasteiger partial charge in [0.25, 0.3) is 5.56 Å². The molecule has 1 aromatic carbocycles. The molecule has 1 saturated carbocycles. The van der Waals surface area contributed by atoms with Crippen LogP contribution in [0.3, 0.4) is 0 Å². The molecule has 0 radical (unpaired) electrons. The Labute approximate surface area is 183 Å². The number of para-hydroxylation sites is 1. The predicted octanol–water partition coefficient (Wildman–Crippen LogP) is 5.42. The van der Waals surface area contributed by atoms with Gasteiger partial charge in [-0.15, -0.1) is 22.7 Å². The van der Waals surface area contributed by atoms with Gasteiger partial charge >= 0.3 is 0 Å². The Bertz CT molecular complexity index is 1280. The minimum absolute atomic E-state index is 0.0785. The van der Waals surface area contributed by atoms with Gasteiger partial charge in [-0.2, -0.15) is 0 Å². The summed E-state index contributed by atoms with van der Waals surface area (Å²) in [5.41, 5.74) is 3.38. The second-order valence-corrected chi connectivity index (χ2v) is 9.50. The number of aromatic nitrogens is 3. The third kappa shape index (κ3) is 3.22. The van der Waals surface area contributed by atoms with E-state index in [1.54, 1.807) is 27.4 Å². The highest BCUT2D eigenvalue weighted by Crippen LogP contribution is 2.35. The van der Waals surface area contributed by atoms with E-state index in [-0.39, 0.29) is 5.56 Å². The highest BCUT2D eigenvalue weighted by atomic mass is 32.1. The van der Waals surface area contributed by atoms with Gasteiger partial charge in [-0.3, -0.25) is 9.48 Å². The average molecular weight is 437 g/mol. The van der Waals surface area contributed by atoms with Crippen LogP contribution in [0.25, 0.3) is 16.3 Å². The normalized spacial score (nSPS) is 15.3. The van der Waals surface area contributed by atoms with Crippen LogP contribution in [-0.2, 0) is 7.05 Å². The monoisotopic (exact) mass is 436 g/mol. The number of thiazole rings is 1. The van der Waals surface area contributed by atoms with Gasteiger partial charge in [-0.1, -0.05) is 37.1 Å². The Morgan fingerprint density at radius 3 is 2.50 bits per heavy atom. The molecule has 7 heteroatoms. The molecule has 5 nitrogen and oxygen atoms in total. The van der Waals surface area contributed by atoms with E-state index in [1.807, 2.05) is 49.0 Å². The molecule has 0 unspecified atom stereocenters. The molecular weight excluding hydrogens is 412 g/mol. The zero-order valence-electron chi connectivity index (χ0n) is 17.1. The zero-order valence-corrected chi connectivity index (χ0v) is 18.7. The fourth-order valence-electron chi connectivity index (χ4n) is 4.30. The van der Waals surface area contributed by atoms with Crippen molar-refractivity contribution in [2.24, 2.45) is 12.0 Å². The van der Waals surface area contributed by atoms with Crippen molar-refractivity contribution < 1.29 is 0 Å². The molecule has 0 N–H and O–H groups in total. The summed E-state index contributed by atoms with van der Waals surface area (Å²) >= 11 is 3.38. The Morgan fingerprint density at radius 1 is 1.03 bits per heavy atom. The van der Waals surface area contributed by atoms with Gasteiger partial charge in [0, 0.05) is 18.5 Å². The van der Waals surface area contributed by atoms with E-state index in [1.165, 1.54) is 36.3 Å². The van der Waals surface area contributed by atoms with Crippen molar-refractivity contribution in [3.63, 3.8) is 0 Å². The summed E-state index contributed by atoms with van der Waals surface area (Å²) in [5.74, 6) is 0. The van der Waals surface area contributed by atoms with Crippen LogP contribution in [-0.4, -0.2) is 13.9 Å². The summed E-state index contributed by atoms with van der Waals surface area (Å²) in [6, 6.07) is 14.5. The molecule has 154 valence electrons. The highest BCUT2D eigenvalue weighted by Gasteiger charge is 2.23. The van der Waals surface area contributed by atoms with Gasteiger partial charge < -0.3 is 4.57 Å². The van der Waals surface area contributed by atoms with E-state index >= 15 is 0 Å². The molecule has 0 atom stereocenters. The summed E-state index contributed by atoms with van der Waals surface area (Å²) in [6.07, 6.45) is 4.85. The van der Waals surface area contributed by atoms with Crippen LogP contribution in [0, 0.1) is 6.92 Å². The fourth-order valence-corrected chi connectivity index (χ4v) is 6.08. The number of rotatable bonds is 4. The lowest BCUT2D eigenvalue weighted by Crippen LogP contribution is -2.21. The quantitative estimate of drug-likeness (QED) is 0.421. The fraction of sp³-hybridized carbons (Fsp3) is 0.304. The number of benzene rings is 1. The molecule has 3 heterocycles. The van der Waals surface area contributed by atoms with Gasteiger partial charge in [-0.25, -0.2) is 9.67 Å². The molecule has 30 heavy (non-hydrogen) atoms. The first-order valence-corrected chi connectivity index (χ1v) is 12.0. The molecule has 0 bridgehead atoms. The van der Waals surface area contributed by atoms with Crippen LogP contribution in [0.5, 0.6) is 0 Å². The van der Waals surface area contributed by atoms with Gasteiger partial charge in [0.15, 0.2) is 10.5 Å². The van der Waals surface area contributed by atoms with Crippen molar-refractivity contribution in [1.82, 2.24) is 13.9 Å². The van der Waals surface area contributed by atoms with E-state index < -0.39 is 0 Å². The molecular formula is C23H24N4OS2. The van der Waals surface area contributed by atoms with E-state index in [0.717, 1.165) is 16.2 Å². The summed E-state index contributed by atoms with van der Waals surface area (Å²) < 4.78 is 5.97. The first kappa shape index (κ1) is 19.3. The van der Waals surface area contributed by atoms with E-state index in [2.05, 4.69) is 27.5 Å². The molecule has 0 aliphatic heterocycles. The van der Waals surface area contributed by atoms with Crippen LogP contribution < -0.4 is 10.4 Å². The lowest BCUT2D eigenvalue weighted by Gasteiger charge is -2.15. The number of hydrogen-bond acceptors (Lipinski definition) is 4. The lowest BCUT2D eigenvalue weighted by molar-refractivity contribution is 0.512. The number of hydrogen-bond donors (Lipinski definition) is 0. The van der Waals surface area contributed by atoms with Crippen LogP contribution >= 0.6 is 22.7 Å². The van der Waals surface area contributed by atoms with Gasteiger partial charge in [-0.05, 0) is 43.3 Å². The molecule has 1 aliphatic carbocycles. The minimum Gasteiger partial charge on any atom is -0.313 e. The smallest absolute Gasteiger partial charge is 0.297 e. The minimum atomic E-state index is -0.0785. The maximum Gasteiger partial charge on any atom is 0.297 e. The van der Waals surface area contributed by atoms with Gasteiger partial charge in [0.05, 0.1) is 22.0 Å². The summed E-state index contributed by atoms with van der Waals surface area (Å²) in [7, 11) is 1.92. The zero-order chi connectivity index (χ0) is 20.7. The summed E-state index contributed by atoms with van der Waals surface area (Å²) in [5, 5.41) is 4.31. The van der Waals surface area contributed by atoms with Gasteiger partial charge in [0.1, 0.15) is 0 Å². The third-order valence-corrected chi connectivity index (χ3v) is 7.67. The third-order valence-electron chi connectivity index (χ3n) is 5.94. The molecule has 4 aromatic rings. The molecule has 0 spiro atoms. The molecule has 0 saturated heterocycles. The van der Waals surface area contributed by atoms with Crippen molar-refractivity contribution in [2.75, 3.05) is 0 Å². The average Bonchev–Trinajstić information content (AvgIpc) is 3.55. The van der Waals surface area contributed by atoms with Gasteiger partial charge in [0.2, 0.25) is 0 Å². The second-order valence-electron chi connectivity index (χ2n) is 7.71. The van der Waals surface area contributed by atoms with Crippen molar-refractivity contribution >= 4 is 28.4 Å². The predicted molar refractivity (Wildman–Crippen MR) is 124 cm³/mol. The van der Waals surface area contributed by atoms with Crippen LogP contribution in [0.1, 0.15) is 37.4 Å². The SMILES string of the molecule is Cc1c(N=c2scc(-c3cccs3)n2C2CCCC2)c(=O)n(-c2ccccc2)n1C. The lowest BCUT2D eigenvalue weighted by atomic mass is 10.2. The maximum atomic E-state index is 13.3. The van der Waals surface area contributed by atoms with Crippen molar-refractivity contribution in [2.45, 2.75) is 38.6 Å². The maximum absolute atomic E-state index is 13.3. The Hall–Kier alpha value is -2.64.